The van der Waals surface area contributed by atoms with E-state index in [9.17, 15) is 39.9 Å². The lowest BCUT2D eigenvalue weighted by atomic mass is 9.57. The van der Waals surface area contributed by atoms with Crippen LogP contribution in [0.25, 0.3) is 11.6 Å². The molecule has 0 heterocycles. The zero-order valence-electron chi connectivity index (χ0n) is 20.4. The monoisotopic (exact) mass is 502 g/mol. The Morgan fingerprint density at radius 3 is 2.41 bits per heavy atom. The van der Waals surface area contributed by atoms with Crippen LogP contribution in [0.3, 0.4) is 0 Å². The summed E-state index contributed by atoms with van der Waals surface area (Å²) in [5, 5.41) is 55.5. The predicted molar refractivity (Wildman–Crippen MR) is 134 cm³/mol. The number of rotatable bonds is 2. The number of aliphatic hydroxyl groups excluding tert-OH is 3. The lowest BCUT2D eigenvalue weighted by Crippen LogP contribution is -2.61. The molecule has 0 bridgehead atoms. The highest BCUT2D eigenvalue weighted by molar-refractivity contribution is 6.26. The SMILES string of the molecule is CC(=O)C1=C(O)C[C@@H]2[C@@H](O)[C@H]3C(=C(O)[C@]2(O)C1=O)C(=O)c1c(O)cccc1/C3=C\c1ccc(C)c(C)c1. The number of benzene rings is 2. The van der Waals surface area contributed by atoms with E-state index < -0.39 is 70.0 Å². The number of aryl methyl sites for hydroxylation is 2. The molecule has 190 valence electrons. The van der Waals surface area contributed by atoms with E-state index in [2.05, 4.69) is 0 Å². The number of hydrogen-bond donors (Lipinski definition) is 5. The summed E-state index contributed by atoms with van der Waals surface area (Å²) in [4.78, 5) is 39.0. The van der Waals surface area contributed by atoms with Gasteiger partial charge in [-0.2, -0.15) is 0 Å². The maximum atomic E-state index is 13.7. The van der Waals surface area contributed by atoms with Gasteiger partial charge in [-0.1, -0.05) is 36.4 Å². The quantitative estimate of drug-likeness (QED) is 0.392. The van der Waals surface area contributed by atoms with Crippen LogP contribution in [-0.4, -0.2) is 54.6 Å². The van der Waals surface area contributed by atoms with Gasteiger partial charge in [0.2, 0.25) is 5.78 Å². The first-order chi connectivity index (χ1) is 17.4. The third-order valence-corrected chi connectivity index (χ3v) is 7.86. The summed E-state index contributed by atoms with van der Waals surface area (Å²) in [7, 11) is 0. The van der Waals surface area contributed by atoms with Crippen LogP contribution in [0.5, 0.6) is 5.75 Å². The van der Waals surface area contributed by atoms with Gasteiger partial charge in [-0.3, -0.25) is 14.4 Å². The van der Waals surface area contributed by atoms with Crippen molar-refractivity contribution in [3.8, 4) is 5.75 Å². The Hall–Kier alpha value is -4.01. The normalized spacial score (nSPS) is 28.2. The van der Waals surface area contributed by atoms with Crippen molar-refractivity contribution in [2.75, 3.05) is 0 Å². The van der Waals surface area contributed by atoms with Crippen molar-refractivity contribution in [1.82, 2.24) is 0 Å². The lowest BCUT2D eigenvalue weighted by molar-refractivity contribution is -0.152. The Labute approximate surface area is 212 Å². The van der Waals surface area contributed by atoms with E-state index in [1.165, 1.54) is 6.07 Å². The summed E-state index contributed by atoms with van der Waals surface area (Å²) < 4.78 is 0. The minimum Gasteiger partial charge on any atom is -0.511 e. The van der Waals surface area contributed by atoms with Gasteiger partial charge in [0.1, 0.15) is 22.8 Å². The number of phenols is 1. The molecular weight excluding hydrogens is 476 g/mol. The molecule has 0 aromatic heterocycles. The highest BCUT2D eigenvalue weighted by Gasteiger charge is 2.63. The zero-order chi connectivity index (χ0) is 27.0. The molecule has 3 aliphatic carbocycles. The number of Topliss-reactive ketones (excluding diaryl/α,β-unsaturated/α-hetero) is 3. The molecule has 8 nitrogen and oxygen atoms in total. The number of fused-ring (bicyclic) bond motifs is 3. The van der Waals surface area contributed by atoms with Crippen LogP contribution in [0.2, 0.25) is 0 Å². The first-order valence-corrected chi connectivity index (χ1v) is 11.9. The summed E-state index contributed by atoms with van der Waals surface area (Å²) >= 11 is 0. The molecule has 5 N–H and O–H groups in total. The van der Waals surface area contributed by atoms with E-state index in [0.29, 0.717) is 11.1 Å². The number of ketones is 3. The molecule has 8 heteroatoms. The van der Waals surface area contributed by atoms with Crippen molar-refractivity contribution in [3.63, 3.8) is 0 Å². The first-order valence-electron chi connectivity index (χ1n) is 11.9. The van der Waals surface area contributed by atoms with Gasteiger partial charge in [-0.15, -0.1) is 0 Å². The molecule has 0 unspecified atom stereocenters. The minimum absolute atomic E-state index is 0.141. The molecule has 0 radical (unpaired) electrons. The maximum absolute atomic E-state index is 13.7. The lowest BCUT2D eigenvalue weighted by Gasteiger charge is -2.49. The van der Waals surface area contributed by atoms with Gasteiger partial charge < -0.3 is 25.5 Å². The second-order valence-electron chi connectivity index (χ2n) is 9.99. The molecule has 2 aromatic carbocycles. The second-order valence-corrected chi connectivity index (χ2v) is 9.99. The smallest absolute Gasteiger partial charge is 0.209 e. The van der Waals surface area contributed by atoms with Gasteiger partial charge in [0.05, 0.1) is 17.2 Å². The fourth-order valence-electron chi connectivity index (χ4n) is 5.83. The molecule has 2 aromatic rings. The number of carbonyl (C=O) groups is 3. The van der Waals surface area contributed by atoms with E-state index >= 15 is 0 Å². The zero-order valence-corrected chi connectivity index (χ0v) is 20.4. The molecule has 4 atom stereocenters. The number of hydrogen-bond acceptors (Lipinski definition) is 8. The van der Waals surface area contributed by atoms with Crippen LogP contribution < -0.4 is 0 Å². The van der Waals surface area contributed by atoms with Gasteiger partial charge in [0.25, 0.3) is 0 Å². The van der Waals surface area contributed by atoms with Crippen LogP contribution >= 0.6 is 0 Å². The second kappa shape index (κ2) is 8.26. The molecule has 0 fully saturated rings. The van der Waals surface area contributed by atoms with E-state index in [1.807, 2.05) is 32.0 Å². The van der Waals surface area contributed by atoms with Crippen molar-refractivity contribution in [2.24, 2.45) is 11.8 Å². The third kappa shape index (κ3) is 3.33. The van der Waals surface area contributed by atoms with Crippen molar-refractivity contribution in [3.05, 3.63) is 86.9 Å². The van der Waals surface area contributed by atoms with Crippen LogP contribution in [0.4, 0.5) is 0 Å². The van der Waals surface area contributed by atoms with Crippen LogP contribution in [0.1, 0.15) is 46.0 Å². The van der Waals surface area contributed by atoms with Crippen molar-refractivity contribution in [2.45, 2.75) is 38.9 Å². The highest BCUT2D eigenvalue weighted by Crippen LogP contribution is 2.55. The first kappa shape index (κ1) is 24.7. The topological polar surface area (TPSA) is 152 Å². The Balaban J connectivity index is 1.82. The molecule has 0 amide bonds. The summed E-state index contributed by atoms with van der Waals surface area (Å²) in [5.74, 6) is -7.54. The van der Waals surface area contributed by atoms with E-state index in [4.69, 9.17) is 0 Å². The van der Waals surface area contributed by atoms with Gasteiger partial charge in [-0.05, 0) is 54.7 Å². The average molecular weight is 503 g/mol. The third-order valence-electron chi connectivity index (χ3n) is 7.86. The van der Waals surface area contributed by atoms with E-state index in [0.717, 1.165) is 23.6 Å². The number of aromatic hydroxyl groups is 1. The summed E-state index contributed by atoms with van der Waals surface area (Å²) in [6, 6.07) is 10.1. The number of allylic oxidation sites excluding steroid dienone is 1. The standard InChI is InChI=1S/C29H26O8/c1-12-7-8-15(9-13(12)2)10-17-16-5-4-6-19(31)22(16)26(34)24-23(17)25(33)18-11-20(32)21(14(3)30)27(35)29(18,37)28(24)36/h4-10,18,23,25,31-33,36-37H,11H2,1-3H3/b17-10+/t18-,23-,25-,29-/m1/s1. The van der Waals surface area contributed by atoms with E-state index in [1.54, 1.807) is 18.2 Å². The predicted octanol–water partition coefficient (Wildman–Crippen LogP) is 3.27. The maximum Gasteiger partial charge on any atom is 0.209 e. The Morgan fingerprint density at radius 1 is 1.05 bits per heavy atom. The van der Waals surface area contributed by atoms with Crippen molar-refractivity contribution < 1.29 is 39.9 Å². The Bertz CT molecular complexity index is 1510. The fourth-order valence-corrected chi connectivity index (χ4v) is 5.83. The van der Waals surface area contributed by atoms with Gasteiger partial charge in [-0.25, -0.2) is 0 Å². The Kier molecular flexibility index (Phi) is 5.51. The van der Waals surface area contributed by atoms with Crippen LogP contribution in [0.15, 0.2) is 59.1 Å². The minimum atomic E-state index is -2.80. The number of phenolic OH excluding ortho intramolecular Hbond substituents is 1. The molecule has 5 rings (SSSR count). The molecule has 0 spiro atoms. The van der Waals surface area contributed by atoms with Crippen LogP contribution in [0, 0.1) is 25.7 Å². The fraction of sp³-hybridized carbons (Fsp3) is 0.276. The largest absolute Gasteiger partial charge is 0.511 e. The van der Waals surface area contributed by atoms with Crippen LogP contribution in [-0.2, 0) is 9.59 Å². The van der Waals surface area contributed by atoms with Gasteiger partial charge >= 0.3 is 0 Å². The summed E-state index contributed by atoms with van der Waals surface area (Å²) in [5.41, 5.74) is -0.557. The molecule has 37 heavy (non-hydrogen) atoms. The van der Waals surface area contributed by atoms with Crippen molar-refractivity contribution in [1.29, 1.82) is 0 Å². The molecule has 3 aliphatic rings. The summed E-state index contributed by atoms with van der Waals surface area (Å²) in [6.07, 6.45) is -0.346. The van der Waals surface area contributed by atoms with Gasteiger partial charge in [0, 0.05) is 18.3 Å². The Morgan fingerprint density at radius 2 is 1.76 bits per heavy atom. The average Bonchev–Trinajstić information content (AvgIpc) is 2.83. The van der Waals surface area contributed by atoms with Crippen molar-refractivity contribution >= 4 is 29.0 Å². The molecule has 0 saturated heterocycles. The highest BCUT2D eigenvalue weighted by atomic mass is 16.4. The number of carbonyl (C=O) groups excluding carboxylic acids is 3. The van der Waals surface area contributed by atoms with E-state index in [-0.39, 0.29) is 11.3 Å². The molecule has 0 saturated carbocycles. The van der Waals surface area contributed by atoms with Gasteiger partial charge in [0.15, 0.2) is 17.2 Å². The molecular formula is C29H26O8. The number of aliphatic hydroxyl groups is 4. The molecule has 0 aliphatic heterocycles. The summed E-state index contributed by atoms with van der Waals surface area (Å²) in [6.45, 7) is 4.92.